The molecule has 1 aromatic heterocycles. The van der Waals surface area contributed by atoms with E-state index in [0.29, 0.717) is 22.0 Å². The summed E-state index contributed by atoms with van der Waals surface area (Å²) >= 11 is 5.61. The van der Waals surface area contributed by atoms with E-state index in [9.17, 15) is 4.39 Å². The van der Waals surface area contributed by atoms with E-state index < -0.39 is 5.82 Å². The van der Waals surface area contributed by atoms with Gasteiger partial charge in [-0.1, -0.05) is 16.8 Å². The van der Waals surface area contributed by atoms with Crippen molar-refractivity contribution in [1.29, 1.82) is 0 Å². The first-order valence-corrected chi connectivity index (χ1v) is 4.60. The fourth-order valence-electron chi connectivity index (χ4n) is 1.21. The highest BCUT2D eigenvalue weighted by Crippen LogP contribution is 2.24. The van der Waals surface area contributed by atoms with Gasteiger partial charge in [0, 0.05) is 16.7 Å². The highest BCUT2D eigenvalue weighted by Gasteiger charge is 2.10. The number of aromatic nitrogens is 1. The number of halogens is 2. The Hall–Kier alpha value is -1.39. The first kappa shape index (κ1) is 10.1. The van der Waals surface area contributed by atoms with Gasteiger partial charge in [-0.2, -0.15) is 0 Å². The molecule has 0 aliphatic heterocycles. The van der Waals surface area contributed by atoms with E-state index in [1.165, 1.54) is 18.2 Å². The molecule has 1 heterocycles. The quantitative estimate of drug-likeness (QED) is 0.858. The third-order valence-corrected chi connectivity index (χ3v) is 2.16. The van der Waals surface area contributed by atoms with Gasteiger partial charge < -0.3 is 9.63 Å². The summed E-state index contributed by atoms with van der Waals surface area (Å²) in [5.74, 6) is -0.181. The van der Waals surface area contributed by atoms with E-state index in [0.717, 1.165) is 0 Å². The van der Waals surface area contributed by atoms with Gasteiger partial charge in [-0.3, -0.25) is 0 Å². The molecule has 0 aliphatic carbocycles. The van der Waals surface area contributed by atoms with E-state index in [1.54, 1.807) is 6.07 Å². The normalized spacial score (nSPS) is 10.6. The van der Waals surface area contributed by atoms with Crippen molar-refractivity contribution in [2.24, 2.45) is 0 Å². The van der Waals surface area contributed by atoms with E-state index in [4.69, 9.17) is 21.2 Å². The largest absolute Gasteiger partial charge is 0.388 e. The molecule has 15 heavy (non-hydrogen) atoms. The minimum absolute atomic E-state index is 0.262. The molecule has 0 amide bonds. The van der Waals surface area contributed by atoms with Crippen molar-refractivity contribution in [2.45, 2.75) is 6.61 Å². The summed E-state index contributed by atoms with van der Waals surface area (Å²) < 4.78 is 18.2. The zero-order valence-corrected chi connectivity index (χ0v) is 8.33. The van der Waals surface area contributed by atoms with Gasteiger partial charge in [-0.05, 0) is 18.2 Å². The minimum Gasteiger partial charge on any atom is -0.388 e. The van der Waals surface area contributed by atoms with Crippen LogP contribution in [0.5, 0.6) is 0 Å². The molecule has 78 valence electrons. The Kier molecular flexibility index (Phi) is 2.70. The van der Waals surface area contributed by atoms with Gasteiger partial charge in [0.05, 0.1) is 0 Å². The molecule has 0 saturated carbocycles. The van der Waals surface area contributed by atoms with Crippen LogP contribution in [0, 0.1) is 5.82 Å². The molecule has 2 aromatic rings. The van der Waals surface area contributed by atoms with Crippen molar-refractivity contribution in [2.75, 3.05) is 0 Å². The third-order valence-electron chi connectivity index (χ3n) is 1.92. The van der Waals surface area contributed by atoms with E-state index in [-0.39, 0.29) is 6.61 Å². The Labute approximate surface area is 90.1 Å². The molecule has 0 bridgehead atoms. The topological polar surface area (TPSA) is 46.3 Å². The van der Waals surface area contributed by atoms with Crippen LogP contribution in [0.3, 0.4) is 0 Å². The highest BCUT2D eigenvalue weighted by atomic mass is 35.5. The third kappa shape index (κ3) is 2.00. The summed E-state index contributed by atoms with van der Waals surface area (Å²) in [5.41, 5.74) is 0.635. The van der Waals surface area contributed by atoms with Crippen molar-refractivity contribution in [3.8, 4) is 11.3 Å². The fraction of sp³-hybridized carbons (Fsp3) is 0.100. The maximum atomic E-state index is 13.4. The number of benzene rings is 1. The first-order chi connectivity index (χ1) is 7.20. The SMILES string of the molecule is OCc1cc(-c2ccc(Cl)cc2F)no1. The minimum atomic E-state index is -0.472. The second-order valence-corrected chi connectivity index (χ2v) is 3.40. The zero-order chi connectivity index (χ0) is 10.8. The number of rotatable bonds is 2. The lowest BCUT2D eigenvalue weighted by molar-refractivity contribution is 0.229. The van der Waals surface area contributed by atoms with Crippen LogP contribution in [-0.2, 0) is 6.61 Å². The average Bonchev–Trinajstić information content (AvgIpc) is 2.66. The van der Waals surface area contributed by atoms with Crippen LogP contribution >= 0.6 is 11.6 Å². The number of hydrogen-bond donors (Lipinski definition) is 1. The Balaban J connectivity index is 2.44. The predicted molar refractivity (Wildman–Crippen MR) is 52.8 cm³/mol. The van der Waals surface area contributed by atoms with Crippen molar-refractivity contribution in [3.63, 3.8) is 0 Å². The molecule has 0 unspecified atom stereocenters. The second kappa shape index (κ2) is 4.00. The number of aliphatic hydroxyl groups excluding tert-OH is 1. The van der Waals surface area contributed by atoms with Crippen molar-refractivity contribution < 1.29 is 14.0 Å². The Morgan fingerprint density at radius 2 is 2.20 bits per heavy atom. The lowest BCUT2D eigenvalue weighted by Gasteiger charge is -1.97. The number of nitrogens with zero attached hydrogens (tertiary/aromatic N) is 1. The maximum absolute atomic E-state index is 13.4. The molecule has 5 heteroatoms. The summed E-state index contributed by atoms with van der Waals surface area (Å²) in [4.78, 5) is 0. The number of aliphatic hydroxyl groups is 1. The van der Waals surface area contributed by atoms with Gasteiger partial charge in [0.2, 0.25) is 0 Å². The monoisotopic (exact) mass is 227 g/mol. The fourth-order valence-corrected chi connectivity index (χ4v) is 1.37. The van der Waals surface area contributed by atoms with Gasteiger partial charge >= 0.3 is 0 Å². The molecule has 3 nitrogen and oxygen atoms in total. The summed E-state index contributed by atoms with van der Waals surface area (Å²) in [6.07, 6.45) is 0. The van der Waals surface area contributed by atoms with Crippen LogP contribution in [-0.4, -0.2) is 10.3 Å². The second-order valence-electron chi connectivity index (χ2n) is 2.96. The Bertz CT molecular complexity index is 484. The van der Waals surface area contributed by atoms with Gasteiger partial charge in [-0.15, -0.1) is 0 Å². The molecule has 0 atom stereocenters. The maximum Gasteiger partial charge on any atom is 0.162 e. The number of hydrogen-bond acceptors (Lipinski definition) is 3. The molecule has 0 spiro atoms. The molecule has 1 aromatic carbocycles. The van der Waals surface area contributed by atoms with Crippen molar-refractivity contribution >= 4 is 11.6 Å². The summed E-state index contributed by atoms with van der Waals surface area (Å²) in [7, 11) is 0. The smallest absolute Gasteiger partial charge is 0.162 e. The first-order valence-electron chi connectivity index (χ1n) is 4.22. The van der Waals surface area contributed by atoms with Gasteiger partial charge in [-0.25, -0.2) is 4.39 Å². The van der Waals surface area contributed by atoms with Crippen LogP contribution < -0.4 is 0 Å². The van der Waals surface area contributed by atoms with Crippen LogP contribution in [0.4, 0.5) is 4.39 Å². The molecule has 0 radical (unpaired) electrons. The molecule has 0 saturated heterocycles. The van der Waals surface area contributed by atoms with Crippen molar-refractivity contribution in [3.05, 3.63) is 40.9 Å². The molecular formula is C10H7ClFNO2. The van der Waals surface area contributed by atoms with Crippen LogP contribution in [0.25, 0.3) is 11.3 Å². The summed E-state index contributed by atoms with van der Waals surface area (Å²) in [6, 6.07) is 5.75. The van der Waals surface area contributed by atoms with E-state index >= 15 is 0 Å². The highest BCUT2D eigenvalue weighted by molar-refractivity contribution is 6.30. The molecule has 2 rings (SSSR count). The van der Waals surface area contributed by atoms with Crippen LogP contribution in [0.15, 0.2) is 28.8 Å². The molecule has 1 N–H and O–H groups in total. The van der Waals surface area contributed by atoms with Gasteiger partial charge in [0.1, 0.15) is 18.1 Å². The van der Waals surface area contributed by atoms with E-state index in [2.05, 4.69) is 5.16 Å². The van der Waals surface area contributed by atoms with Gasteiger partial charge in [0.15, 0.2) is 5.76 Å². The molecular weight excluding hydrogens is 221 g/mol. The lowest BCUT2D eigenvalue weighted by Crippen LogP contribution is -1.83. The summed E-state index contributed by atoms with van der Waals surface area (Å²) in [5, 5.41) is 12.7. The van der Waals surface area contributed by atoms with Crippen LogP contribution in [0.1, 0.15) is 5.76 Å². The average molecular weight is 228 g/mol. The van der Waals surface area contributed by atoms with Gasteiger partial charge in [0.25, 0.3) is 0 Å². The molecule has 0 aliphatic rings. The lowest BCUT2D eigenvalue weighted by atomic mass is 10.1. The Morgan fingerprint density at radius 3 is 2.80 bits per heavy atom. The standard InChI is InChI=1S/C10H7ClFNO2/c11-6-1-2-8(9(12)3-6)10-4-7(5-14)15-13-10/h1-4,14H,5H2. The van der Waals surface area contributed by atoms with Crippen LogP contribution in [0.2, 0.25) is 5.02 Å². The predicted octanol–water partition coefficient (Wildman–Crippen LogP) is 2.63. The Morgan fingerprint density at radius 1 is 1.40 bits per heavy atom. The summed E-state index contributed by atoms with van der Waals surface area (Å²) in [6.45, 7) is -0.262. The van der Waals surface area contributed by atoms with E-state index in [1.807, 2.05) is 0 Å². The molecule has 0 fully saturated rings. The van der Waals surface area contributed by atoms with Crippen molar-refractivity contribution in [1.82, 2.24) is 5.16 Å². The zero-order valence-electron chi connectivity index (χ0n) is 7.58.